The maximum Gasteiger partial charge on any atom is 0.212 e. The lowest BCUT2D eigenvalue weighted by molar-refractivity contribution is 1.14. The van der Waals surface area contributed by atoms with Crippen LogP contribution >= 0.6 is 0 Å². The summed E-state index contributed by atoms with van der Waals surface area (Å²) in [4.78, 5) is 4.10. The molecule has 0 unspecified atom stereocenters. The fourth-order valence-corrected chi connectivity index (χ4v) is 7.44. The Bertz CT molecular complexity index is 2650. The van der Waals surface area contributed by atoms with Crippen molar-refractivity contribution in [1.29, 1.82) is 5.26 Å². The van der Waals surface area contributed by atoms with Gasteiger partial charge in [0, 0.05) is 21.5 Å². The van der Waals surface area contributed by atoms with E-state index in [1.807, 2.05) is 12.1 Å². The molecule has 0 radical (unpaired) electrons. The lowest BCUT2D eigenvalue weighted by Crippen LogP contribution is -2.01. The van der Waals surface area contributed by atoms with Gasteiger partial charge in [0.15, 0.2) is 0 Å². The third-order valence-electron chi connectivity index (χ3n) is 9.44. The van der Waals surface area contributed by atoms with Gasteiger partial charge in [0.1, 0.15) is 6.07 Å². The summed E-state index contributed by atoms with van der Waals surface area (Å²) in [6.45, 7) is 12.6. The van der Waals surface area contributed by atoms with Crippen LogP contribution < -0.4 is 0 Å². The van der Waals surface area contributed by atoms with Crippen LogP contribution in [0.25, 0.3) is 81.4 Å². The summed E-state index contributed by atoms with van der Waals surface area (Å²) >= 11 is 0. The minimum absolute atomic E-state index is 0.490. The van der Waals surface area contributed by atoms with E-state index in [2.05, 4.69) is 143 Å². The molecule has 9 aromatic rings. The first kappa shape index (κ1) is 26.1. The van der Waals surface area contributed by atoms with Gasteiger partial charge < -0.3 is 9.13 Å². The molecule has 0 aliphatic carbocycles. The van der Waals surface area contributed by atoms with Crippen molar-refractivity contribution in [3.8, 4) is 17.4 Å². The van der Waals surface area contributed by atoms with E-state index in [4.69, 9.17) is 6.57 Å². The molecule has 7 aromatic carbocycles. The molecule has 4 heteroatoms. The molecule has 0 saturated heterocycles. The molecule has 0 aliphatic heterocycles. The maximum absolute atomic E-state index is 10.7. The normalized spacial score (nSPS) is 11.7. The van der Waals surface area contributed by atoms with E-state index >= 15 is 0 Å². The van der Waals surface area contributed by atoms with Crippen LogP contribution in [-0.4, -0.2) is 9.13 Å². The molecule has 0 fully saturated rings. The Labute approximate surface area is 265 Å². The maximum atomic E-state index is 10.7. The third kappa shape index (κ3) is 3.53. The van der Waals surface area contributed by atoms with Crippen LogP contribution in [0.4, 0.5) is 5.69 Å². The second-order valence-electron chi connectivity index (χ2n) is 12.2. The Balaban J connectivity index is 1.40. The van der Waals surface area contributed by atoms with Gasteiger partial charge in [-0.3, -0.25) is 0 Å². The fraction of sp³-hybridized carbons (Fsp3) is 0.0476. The topological polar surface area (TPSA) is 38.0 Å². The number of hydrogen-bond acceptors (Lipinski definition) is 1. The van der Waals surface area contributed by atoms with Crippen molar-refractivity contribution in [2.75, 3.05) is 0 Å². The van der Waals surface area contributed by atoms with E-state index in [9.17, 15) is 5.26 Å². The number of aromatic nitrogens is 2. The standard InChI is InChI=1S/C42H26N4/c1-25-12-16-35-32(20-25)41-30-10-6-4-8-27(30)14-18-37(41)45(35)39-23-34(44-3)40(22-29(39)24-43)46-36-17-13-26(2)21-33(36)42-31-11-7-5-9-28(31)15-19-38(42)46/h4-23H,1-2H3. The summed E-state index contributed by atoms with van der Waals surface area (Å²) < 4.78 is 4.33. The lowest BCUT2D eigenvalue weighted by atomic mass is 10.0. The van der Waals surface area contributed by atoms with Crippen LogP contribution in [-0.2, 0) is 0 Å². The van der Waals surface area contributed by atoms with E-state index in [1.54, 1.807) is 0 Å². The summed E-state index contributed by atoms with van der Waals surface area (Å²) in [5, 5.41) is 20.0. The van der Waals surface area contributed by atoms with Gasteiger partial charge in [0.2, 0.25) is 5.69 Å². The number of fused-ring (bicyclic) bond motifs is 10. The fourth-order valence-electron chi connectivity index (χ4n) is 7.44. The van der Waals surface area contributed by atoms with Gasteiger partial charge in [-0.2, -0.15) is 5.26 Å². The molecule has 0 saturated carbocycles. The molecule has 2 aromatic heterocycles. The van der Waals surface area contributed by atoms with Crippen molar-refractivity contribution in [1.82, 2.24) is 9.13 Å². The van der Waals surface area contributed by atoms with E-state index in [0.29, 0.717) is 22.6 Å². The van der Waals surface area contributed by atoms with Gasteiger partial charge in [0.25, 0.3) is 0 Å². The number of rotatable bonds is 2. The Morgan fingerprint density at radius 1 is 0.543 bits per heavy atom. The quantitative estimate of drug-likeness (QED) is 0.186. The summed E-state index contributed by atoms with van der Waals surface area (Å²) in [7, 11) is 0. The Morgan fingerprint density at radius 3 is 1.57 bits per heavy atom. The summed E-state index contributed by atoms with van der Waals surface area (Å²) in [5.41, 5.74) is 8.81. The van der Waals surface area contributed by atoms with Gasteiger partial charge in [0.05, 0.1) is 45.6 Å². The molecule has 4 nitrogen and oxygen atoms in total. The average Bonchev–Trinajstić information content (AvgIpc) is 3.59. The lowest BCUT2D eigenvalue weighted by Gasteiger charge is -2.16. The Kier molecular flexibility index (Phi) is 5.42. The number of nitrogens with zero attached hydrogens (tertiary/aromatic N) is 4. The van der Waals surface area contributed by atoms with Crippen molar-refractivity contribution < 1.29 is 0 Å². The van der Waals surface area contributed by atoms with Gasteiger partial charge in [-0.25, -0.2) is 4.85 Å². The van der Waals surface area contributed by atoms with Crippen LogP contribution in [0.5, 0.6) is 0 Å². The van der Waals surface area contributed by atoms with Gasteiger partial charge >= 0.3 is 0 Å². The van der Waals surface area contributed by atoms with Crippen molar-refractivity contribution in [2.24, 2.45) is 0 Å². The van der Waals surface area contributed by atoms with Crippen molar-refractivity contribution in [3.63, 3.8) is 0 Å². The molecule has 0 amide bonds. The second-order valence-corrected chi connectivity index (χ2v) is 12.2. The molecule has 0 N–H and O–H groups in total. The first-order chi connectivity index (χ1) is 22.6. The van der Waals surface area contributed by atoms with Crippen LogP contribution in [0.3, 0.4) is 0 Å². The van der Waals surface area contributed by atoms with Crippen molar-refractivity contribution >= 4 is 70.8 Å². The van der Waals surface area contributed by atoms with Crippen LogP contribution in [0, 0.1) is 31.8 Å². The number of hydrogen-bond donors (Lipinski definition) is 0. The molecule has 0 atom stereocenters. The molecule has 214 valence electrons. The van der Waals surface area contributed by atoms with Crippen molar-refractivity contribution in [3.05, 3.63) is 149 Å². The molecule has 0 spiro atoms. The smallest absolute Gasteiger partial charge is 0.212 e. The van der Waals surface area contributed by atoms with Crippen LogP contribution in [0.2, 0.25) is 0 Å². The molecule has 46 heavy (non-hydrogen) atoms. The summed E-state index contributed by atoms with van der Waals surface area (Å²) in [5.74, 6) is 0. The SMILES string of the molecule is [C-]#[N+]c1cc(-n2c3ccc(C)cc3c3c4ccccc4ccc32)c(C#N)cc1-n1c2ccc(C)cc2c2c3ccccc3ccc21. The van der Waals surface area contributed by atoms with E-state index in [1.165, 1.54) is 32.7 Å². The number of benzene rings is 7. The van der Waals surface area contributed by atoms with Crippen LogP contribution in [0.1, 0.15) is 16.7 Å². The predicted molar refractivity (Wildman–Crippen MR) is 191 cm³/mol. The largest absolute Gasteiger partial charge is 0.319 e. The molecule has 9 rings (SSSR count). The van der Waals surface area contributed by atoms with E-state index in [0.717, 1.165) is 43.6 Å². The molecule has 0 aliphatic rings. The van der Waals surface area contributed by atoms with Gasteiger partial charge in [-0.05, 0) is 83.9 Å². The molecular weight excluding hydrogens is 560 g/mol. The first-order valence-corrected chi connectivity index (χ1v) is 15.4. The molecule has 0 bridgehead atoms. The van der Waals surface area contributed by atoms with E-state index < -0.39 is 0 Å². The van der Waals surface area contributed by atoms with E-state index in [-0.39, 0.29) is 0 Å². The predicted octanol–water partition coefficient (Wildman–Crippen LogP) is 11.2. The highest BCUT2D eigenvalue weighted by atomic mass is 15.0. The average molecular weight is 587 g/mol. The number of aryl methyl sites for hydroxylation is 2. The monoisotopic (exact) mass is 586 g/mol. The zero-order valence-corrected chi connectivity index (χ0v) is 25.3. The Hall–Kier alpha value is -6.36. The molecular formula is C42H26N4. The van der Waals surface area contributed by atoms with Gasteiger partial charge in [-0.1, -0.05) is 83.9 Å². The summed E-state index contributed by atoms with van der Waals surface area (Å²) in [6, 6.07) is 44.7. The second kappa shape index (κ2) is 9.57. The zero-order chi connectivity index (χ0) is 31.1. The van der Waals surface area contributed by atoms with Crippen LogP contribution in [0.15, 0.2) is 121 Å². The van der Waals surface area contributed by atoms with Crippen molar-refractivity contribution in [2.45, 2.75) is 13.8 Å². The number of nitriles is 1. The third-order valence-corrected chi connectivity index (χ3v) is 9.44. The highest BCUT2D eigenvalue weighted by Gasteiger charge is 2.22. The van der Waals surface area contributed by atoms with Gasteiger partial charge in [-0.15, -0.1) is 0 Å². The first-order valence-electron chi connectivity index (χ1n) is 15.4. The minimum Gasteiger partial charge on any atom is -0.319 e. The summed E-state index contributed by atoms with van der Waals surface area (Å²) in [6.07, 6.45) is 0. The zero-order valence-electron chi connectivity index (χ0n) is 25.3. The highest BCUT2D eigenvalue weighted by molar-refractivity contribution is 6.23. The minimum atomic E-state index is 0.490. The molecule has 2 heterocycles. The Morgan fingerprint density at radius 2 is 1.04 bits per heavy atom. The highest BCUT2D eigenvalue weighted by Crippen LogP contribution is 2.43.